The van der Waals surface area contributed by atoms with E-state index in [4.69, 9.17) is 17.3 Å². The fraction of sp³-hybridized carbons (Fsp3) is 0.182. The van der Waals surface area contributed by atoms with E-state index in [1.165, 1.54) is 6.33 Å². The molecule has 0 saturated heterocycles. The number of nitrogen functional groups attached to an aromatic ring is 1. The Hall–Kier alpha value is -1.88. The smallest absolute Gasteiger partial charge is 0.150 e. The third-order valence-electron chi connectivity index (χ3n) is 2.30. The third-order valence-corrected chi connectivity index (χ3v) is 2.67. The first kappa shape index (κ1) is 11.6. The molecule has 5 nitrogen and oxygen atoms in total. The van der Waals surface area contributed by atoms with Crippen LogP contribution in [0.2, 0.25) is 5.02 Å². The van der Waals surface area contributed by atoms with Crippen LogP contribution >= 0.6 is 11.6 Å². The van der Waals surface area contributed by atoms with E-state index in [-0.39, 0.29) is 11.9 Å². The number of aromatic nitrogens is 3. The van der Waals surface area contributed by atoms with Crippen molar-refractivity contribution in [1.29, 1.82) is 0 Å². The summed E-state index contributed by atoms with van der Waals surface area (Å²) >= 11 is 5.99. The van der Waals surface area contributed by atoms with Crippen LogP contribution < -0.4 is 11.1 Å². The average Bonchev–Trinajstić information content (AvgIpc) is 2.36. The Morgan fingerprint density at radius 3 is 2.82 bits per heavy atom. The van der Waals surface area contributed by atoms with Gasteiger partial charge in [-0.2, -0.15) is 0 Å². The van der Waals surface area contributed by atoms with Gasteiger partial charge in [-0.3, -0.25) is 4.98 Å². The standard InChI is InChI=1S/C11H12ClN5/c1-7(8-4-2-3-5-14-8)17-11-9(12)10(13)15-6-16-11/h2-7H,1H3,(H3,13,15,16,17). The van der Waals surface area contributed by atoms with Crippen LogP contribution in [0.4, 0.5) is 11.6 Å². The number of hydrogen-bond acceptors (Lipinski definition) is 5. The molecule has 0 aliphatic heterocycles. The van der Waals surface area contributed by atoms with Gasteiger partial charge in [0.25, 0.3) is 0 Å². The zero-order chi connectivity index (χ0) is 12.3. The molecule has 2 rings (SSSR count). The number of halogens is 1. The maximum atomic E-state index is 5.99. The molecule has 2 aromatic heterocycles. The largest absolute Gasteiger partial charge is 0.382 e. The molecular formula is C11H12ClN5. The average molecular weight is 250 g/mol. The van der Waals surface area contributed by atoms with E-state index < -0.39 is 0 Å². The monoisotopic (exact) mass is 249 g/mol. The Morgan fingerprint density at radius 1 is 1.29 bits per heavy atom. The van der Waals surface area contributed by atoms with E-state index in [2.05, 4.69) is 20.3 Å². The number of nitrogens with zero attached hydrogens (tertiary/aromatic N) is 3. The lowest BCUT2D eigenvalue weighted by Crippen LogP contribution is -2.10. The van der Waals surface area contributed by atoms with Crippen molar-refractivity contribution in [3.63, 3.8) is 0 Å². The molecule has 0 radical (unpaired) electrons. The number of hydrogen-bond donors (Lipinski definition) is 2. The van der Waals surface area contributed by atoms with Crippen LogP contribution in [0.3, 0.4) is 0 Å². The summed E-state index contributed by atoms with van der Waals surface area (Å²) in [5.41, 5.74) is 6.50. The zero-order valence-electron chi connectivity index (χ0n) is 9.26. The number of nitrogens with two attached hydrogens (primary N) is 1. The SMILES string of the molecule is CC(Nc1ncnc(N)c1Cl)c1ccccn1. The van der Waals surface area contributed by atoms with Gasteiger partial charge in [0.2, 0.25) is 0 Å². The highest BCUT2D eigenvalue weighted by molar-refractivity contribution is 6.35. The number of pyridine rings is 1. The van der Waals surface area contributed by atoms with Gasteiger partial charge in [-0.05, 0) is 19.1 Å². The van der Waals surface area contributed by atoms with Gasteiger partial charge in [0, 0.05) is 6.20 Å². The molecule has 0 fully saturated rings. The van der Waals surface area contributed by atoms with E-state index in [9.17, 15) is 0 Å². The van der Waals surface area contributed by atoms with Crippen LogP contribution in [0.15, 0.2) is 30.7 Å². The Morgan fingerprint density at radius 2 is 2.12 bits per heavy atom. The van der Waals surface area contributed by atoms with Gasteiger partial charge in [0.1, 0.15) is 17.2 Å². The second-order valence-electron chi connectivity index (χ2n) is 3.54. The van der Waals surface area contributed by atoms with Gasteiger partial charge < -0.3 is 11.1 Å². The Balaban J connectivity index is 2.19. The van der Waals surface area contributed by atoms with Crippen molar-refractivity contribution in [1.82, 2.24) is 15.0 Å². The van der Waals surface area contributed by atoms with Crippen LogP contribution in [0.5, 0.6) is 0 Å². The molecule has 0 saturated carbocycles. The summed E-state index contributed by atoms with van der Waals surface area (Å²) < 4.78 is 0. The van der Waals surface area contributed by atoms with Crippen molar-refractivity contribution >= 4 is 23.2 Å². The molecular weight excluding hydrogens is 238 g/mol. The summed E-state index contributed by atoms with van der Waals surface area (Å²) in [5.74, 6) is 0.773. The molecule has 0 amide bonds. The lowest BCUT2D eigenvalue weighted by molar-refractivity contribution is 0.830. The van der Waals surface area contributed by atoms with Crippen molar-refractivity contribution < 1.29 is 0 Å². The molecule has 2 heterocycles. The maximum absolute atomic E-state index is 5.99. The van der Waals surface area contributed by atoms with Gasteiger partial charge >= 0.3 is 0 Å². The minimum atomic E-state index is -0.0111. The zero-order valence-corrected chi connectivity index (χ0v) is 10.0. The lowest BCUT2D eigenvalue weighted by Gasteiger charge is -2.14. The van der Waals surface area contributed by atoms with Gasteiger partial charge in [0.05, 0.1) is 11.7 Å². The summed E-state index contributed by atoms with van der Waals surface area (Å²) in [6.07, 6.45) is 3.11. The maximum Gasteiger partial charge on any atom is 0.150 e. The molecule has 3 N–H and O–H groups in total. The first-order chi connectivity index (χ1) is 8.18. The van der Waals surface area contributed by atoms with Crippen LogP contribution in [-0.2, 0) is 0 Å². The first-order valence-corrected chi connectivity index (χ1v) is 5.49. The summed E-state index contributed by atoms with van der Waals surface area (Å²) in [5, 5.41) is 3.47. The van der Waals surface area contributed by atoms with Crippen LogP contribution in [0.1, 0.15) is 18.7 Å². The summed E-state index contributed by atoms with van der Waals surface area (Å²) in [7, 11) is 0. The van der Waals surface area contributed by atoms with Gasteiger partial charge in [0.15, 0.2) is 5.82 Å². The number of rotatable bonds is 3. The first-order valence-electron chi connectivity index (χ1n) is 5.12. The minimum Gasteiger partial charge on any atom is -0.382 e. The number of anilines is 2. The van der Waals surface area contributed by atoms with Gasteiger partial charge in [-0.25, -0.2) is 9.97 Å². The summed E-state index contributed by atoms with van der Waals surface area (Å²) in [6.45, 7) is 1.97. The molecule has 0 spiro atoms. The second kappa shape index (κ2) is 4.97. The molecule has 0 aromatic carbocycles. The van der Waals surface area contributed by atoms with Crippen molar-refractivity contribution in [3.05, 3.63) is 41.4 Å². The summed E-state index contributed by atoms with van der Waals surface area (Å²) in [6, 6.07) is 5.71. The van der Waals surface area contributed by atoms with E-state index in [0.717, 1.165) is 5.69 Å². The van der Waals surface area contributed by atoms with Crippen LogP contribution in [-0.4, -0.2) is 15.0 Å². The van der Waals surface area contributed by atoms with Crippen LogP contribution in [0, 0.1) is 0 Å². The predicted octanol–water partition coefficient (Wildman–Crippen LogP) is 2.28. The fourth-order valence-electron chi connectivity index (χ4n) is 1.40. The van der Waals surface area contributed by atoms with Crippen molar-refractivity contribution in [2.24, 2.45) is 0 Å². The molecule has 1 unspecified atom stereocenters. The predicted molar refractivity (Wildman–Crippen MR) is 67.7 cm³/mol. The van der Waals surface area contributed by atoms with E-state index in [0.29, 0.717) is 10.8 Å². The highest BCUT2D eigenvalue weighted by Gasteiger charge is 2.11. The minimum absolute atomic E-state index is 0.0111. The Bertz CT molecular complexity index is 502. The highest BCUT2D eigenvalue weighted by Crippen LogP contribution is 2.26. The lowest BCUT2D eigenvalue weighted by atomic mass is 10.2. The second-order valence-corrected chi connectivity index (χ2v) is 3.92. The van der Waals surface area contributed by atoms with Gasteiger partial charge in [-0.15, -0.1) is 0 Å². The molecule has 0 bridgehead atoms. The van der Waals surface area contributed by atoms with E-state index in [1.54, 1.807) is 6.20 Å². The summed E-state index contributed by atoms with van der Waals surface area (Å²) in [4.78, 5) is 12.1. The molecule has 1 atom stereocenters. The van der Waals surface area contributed by atoms with Crippen molar-refractivity contribution in [2.75, 3.05) is 11.1 Å². The molecule has 17 heavy (non-hydrogen) atoms. The molecule has 2 aromatic rings. The molecule has 6 heteroatoms. The Kier molecular flexibility index (Phi) is 3.39. The molecule has 0 aliphatic rings. The fourth-order valence-corrected chi connectivity index (χ4v) is 1.55. The molecule has 0 aliphatic carbocycles. The quantitative estimate of drug-likeness (QED) is 0.873. The highest BCUT2D eigenvalue weighted by atomic mass is 35.5. The Labute approximate surface area is 104 Å². The van der Waals surface area contributed by atoms with Crippen LogP contribution in [0.25, 0.3) is 0 Å². The number of nitrogens with one attached hydrogen (secondary N) is 1. The molecule has 88 valence electrons. The third kappa shape index (κ3) is 2.62. The van der Waals surface area contributed by atoms with E-state index in [1.807, 2.05) is 25.1 Å². The van der Waals surface area contributed by atoms with Crippen molar-refractivity contribution in [3.8, 4) is 0 Å². The van der Waals surface area contributed by atoms with Gasteiger partial charge in [-0.1, -0.05) is 17.7 Å². The normalized spacial score (nSPS) is 12.1. The van der Waals surface area contributed by atoms with E-state index >= 15 is 0 Å². The topological polar surface area (TPSA) is 76.7 Å². The van der Waals surface area contributed by atoms with Crippen molar-refractivity contribution in [2.45, 2.75) is 13.0 Å².